The van der Waals surface area contributed by atoms with Crippen molar-refractivity contribution in [2.45, 2.75) is 29.9 Å². The van der Waals surface area contributed by atoms with Crippen molar-refractivity contribution in [3.63, 3.8) is 0 Å². The highest BCUT2D eigenvalue weighted by Gasteiger charge is 2.16. The fourth-order valence-electron chi connectivity index (χ4n) is 2.81. The molecule has 0 aliphatic carbocycles. The molecule has 1 aromatic carbocycles. The number of nitrogens with two attached hydrogens (primary N) is 1. The van der Waals surface area contributed by atoms with E-state index >= 15 is 0 Å². The highest BCUT2D eigenvalue weighted by Crippen LogP contribution is 2.33. The molecule has 3 aromatic heterocycles. The summed E-state index contributed by atoms with van der Waals surface area (Å²) in [7, 11) is 0. The van der Waals surface area contributed by atoms with E-state index in [4.69, 9.17) is 22.3 Å². The lowest BCUT2D eigenvalue weighted by Crippen LogP contribution is -2.05. The number of aromatic nitrogens is 5. The van der Waals surface area contributed by atoms with Crippen molar-refractivity contribution in [2.75, 3.05) is 5.73 Å². The molecule has 0 atom stereocenters. The number of anilines is 1. The molecule has 0 aliphatic rings. The molecule has 4 rings (SSSR count). The van der Waals surface area contributed by atoms with Crippen LogP contribution in [-0.4, -0.2) is 24.5 Å². The van der Waals surface area contributed by atoms with E-state index in [0.717, 1.165) is 38.4 Å². The Hall–Kier alpha value is -2.64. The Kier molecular flexibility index (Phi) is 4.96. The van der Waals surface area contributed by atoms with Gasteiger partial charge in [-0.1, -0.05) is 29.4 Å². The summed E-state index contributed by atoms with van der Waals surface area (Å²) < 4.78 is 2.07. The van der Waals surface area contributed by atoms with E-state index in [0.29, 0.717) is 17.9 Å². The molecule has 27 heavy (non-hydrogen) atoms. The van der Waals surface area contributed by atoms with Gasteiger partial charge in [0, 0.05) is 34.8 Å². The van der Waals surface area contributed by atoms with Gasteiger partial charge in [0.15, 0.2) is 22.1 Å². The Morgan fingerprint density at radius 1 is 1.15 bits per heavy atom. The topological polar surface area (TPSA) is 82.5 Å². The van der Waals surface area contributed by atoms with E-state index in [9.17, 15) is 0 Å². The largest absolute Gasteiger partial charge is 0.382 e. The fourth-order valence-corrected chi connectivity index (χ4v) is 4.02. The minimum Gasteiger partial charge on any atom is -0.382 e. The first-order chi connectivity index (χ1) is 13.1. The molecule has 0 unspecified atom stereocenters. The van der Waals surface area contributed by atoms with Crippen molar-refractivity contribution in [2.24, 2.45) is 0 Å². The standard InChI is InChI=1S/C19H17ClN6S/c1-12-10-13(20)5-6-15(12)27-19-25-16-17(21)23-11-24-18(16)26(19)9-7-14-4-2-3-8-22-14/h2-6,8,10-11H,7,9H2,1H3,(H2,21,23,24). The van der Waals surface area contributed by atoms with Crippen LogP contribution in [0.5, 0.6) is 0 Å². The molecule has 136 valence electrons. The van der Waals surface area contributed by atoms with E-state index in [2.05, 4.69) is 19.5 Å². The Bertz CT molecular complexity index is 1100. The van der Waals surface area contributed by atoms with Crippen molar-refractivity contribution in [1.82, 2.24) is 24.5 Å². The molecule has 0 aliphatic heterocycles. The van der Waals surface area contributed by atoms with Crippen LogP contribution in [0.1, 0.15) is 11.3 Å². The number of pyridine rings is 1. The van der Waals surface area contributed by atoms with Crippen molar-refractivity contribution in [3.8, 4) is 0 Å². The van der Waals surface area contributed by atoms with Gasteiger partial charge in [-0.25, -0.2) is 15.0 Å². The molecule has 3 heterocycles. The molecule has 0 bridgehead atoms. The van der Waals surface area contributed by atoms with Gasteiger partial charge in [0.1, 0.15) is 6.33 Å². The van der Waals surface area contributed by atoms with Gasteiger partial charge in [0.25, 0.3) is 0 Å². The molecule has 0 amide bonds. The number of hydrogen-bond donors (Lipinski definition) is 1. The lowest BCUT2D eigenvalue weighted by atomic mass is 10.2. The molecular weight excluding hydrogens is 380 g/mol. The maximum atomic E-state index is 6.08. The average molecular weight is 397 g/mol. The second kappa shape index (κ2) is 7.54. The van der Waals surface area contributed by atoms with Crippen LogP contribution < -0.4 is 5.73 Å². The first-order valence-electron chi connectivity index (χ1n) is 8.42. The fraction of sp³-hybridized carbons (Fsp3) is 0.158. The number of hydrogen-bond acceptors (Lipinski definition) is 6. The summed E-state index contributed by atoms with van der Waals surface area (Å²) in [6.07, 6.45) is 4.04. The van der Waals surface area contributed by atoms with Gasteiger partial charge >= 0.3 is 0 Å². The first-order valence-corrected chi connectivity index (χ1v) is 9.62. The van der Waals surface area contributed by atoms with E-state index in [1.165, 1.54) is 6.33 Å². The van der Waals surface area contributed by atoms with E-state index in [1.807, 2.05) is 43.3 Å². The normalized spacial score (nSPS) is 11.2. The number of rotatable bonds is 5. The zero-order valence-electron chi connectivity index (χ0n) is 14.6. The summed E-state index contributed by atoms with van der Waals surface area (Å²) in [4.78, 5) is 18.7. The van der Waals surface area contributed by atoms with E-state index in [1.54, 1.807) is 18.0 Å². The Balaban J connectivity index is 1.73. The van der Waals surface area contributed by atoms with Gasteiger partial charge < -0.3 is 10.3 Å². The van der Waals surface area contributed by atoms with Crippen LogP contribution in [0.25, 0.3) is 11.2 Å². The highest BCUT2D eigenvalue weighted by atomic mass is 35.5. The van der Waals surface area contributed by atoms with Gasteiger partial charge in [0.2, 0.25) is 0 Å². The maximum Gasteiger partial charge on any atom is 0.175 e. The van der Waals surface area contributed by atoms with Crippen molar-refractivity contribution >= 4 is 40.3 Å². The third kappa shape index (κ3) is 3.74. The third-order valence-corrected chi connectivity index (χ3v) is 5.59. The molecule has 2 N–H and O–H groups in total. The zero-order valence-corrected chi connectivity index (χ0v) is 16.2. The Labute approximate surface area is 165 Å². The number of halogens is 1. The molecule has 6 nitrogen and oxygen atoms in total. The number of aryl methyl sites for hydroxylation is 3. The lowest BCUT2D eigenvalue weighted by Gasteiger charge is -2.09. The summed E-state index contributed by atoms with van der Waals surface area (Å²) in [6, 6.07) is 11.7. The molecular formula is C19H17ClN6S. The molecule has 4 aromatic rings. The summed E-state index contributed by atoms with van der Waals surface area (Å²) in [6.45, 7) is 2.72. The SMILES string of the molecule is Cc1cc(Cl)ccc1Sc1nc2c(N)ncnc2n1CCc1ccccn1. The second-order valence-corrected chi connectivity index (χ2v) is 7.51. The summed E-state index contributed by atoms with van der Waals surface area (Å²) >= 11 is 7.65. The van der Waals surface area contributed by atoms with Crippen LogP contribution in [-0.2, 0) is 13.0 Å². The van der Waals surface area contributed by atoms with Crippen LogP contribution in [0, 0.1) is 6.92 Å². The highest BCUT2D eigenvalue weighted by molar-refractivity contribution is 7.99. The molecule has 0 fully saturated rings. The van der Waals surface area contributed by atoms with Crippen LogP contribution in [0.2, 0.25) is 5.02 Å². The number of imidazole rings is 1. The third-order valence-electron chi connectivity index (χ3n) is 4.18. The number of nitrogens with zero attached hydrogens (tertiary/aromatic N) is 5. The monoisotopic (exact) mass is 396 g/mol. The average Bonchev–Trinajstić information content (AvgIpc) is 3.02. The predicted molar refractivity (Wildman–Crippen MR) is 108 cm³/mol. The Morgan fingerprint density at radius 3 is 2.81 bits per heavy atom. The van der Waals surface area contributed by atoms with Gasteiger partial charge in [-0.15, -0.1) is 0 Å². The zero-order chi connectivity index (χ0) is 18.8. The molecule has 0 saturated heterocycles. The minimum atomic E-state index is 0.381. The van der Waals surface area contributed by atoms with Crippen LogP contribution in [0.15, 0.2) is 59.0 Å². The number of nitrogen functional groups attached to an aromatic ring is 1. The first kappa shape index (κ1) is 17.8. The van der Waals surface area contributed by atoms with Crippen LogP contribution in [0.3, 0.4) is 0 Å². The number of benzene rings is 1. The van der Waals surface area contributed by atoms with Crippen molar-refractivity contribution in [3.05, 3.63) is 65.2 Å². The molecule has 8 heteroatoms. The van der Waals surface area contributed by atoms with Gasteiger partial charge in [-0.05, 0) is 42.8 Å². The van der Waals surface area contributed by atoms with Crippen molar-refractivity contribution in [1.29, 1.82) is 0 Å². The second-order valence-electron chi connectivity index (χ2n) is 6.06. The quantitative estimate of drug-likeness (QED) is 0.545. The summed E-state index contributed by atoms with van der Waals surface area (Å²) in [5.41, 5.74) is 9.48. The summed E-state index contributed by atoms with van der Waals surface area (Å²) in [5, 5.41) is 1.54. The Morgan fingerprint density at radius 2 is 2.04 bits per heavy atom. The van der Waals surface area contributed by atoms with Crippen molar-refractivity contribution < 1.29 is 0 Å². The number of fused-ring (bicyclic) bond motifs is 1. The smallest absolute Gasteiger partial charge is 0.175 e. The molecule has 0 radical (unpaired) electrons. The van der Waals surface area contributed by atoms with Gasteiger partial charge in [0.05, 0.1) is 0 Å². The van der Waals surface area contributed by atoms with E-state index < -0.39 is 0 Å². The van der Waals surface area contributed by atoms with Gasteiger partial charge in [-0.3, -0.25) is 4.98 Å². The maximum absolute atomic E-state index is 6.08. The van der Waals surface area contributed by atoms with Crippen LogP contribution in [0.4, 0.5) is 5.82 Å². The van der Waals surface area contributed by atoms with Gasteiger partial charge in [-0.2, -0.15) is 0 Å². The minimum absolute atomic E-state index is 0.381. The molecule has 0 spiro atoms. The summed E-state index contributed by atoms with van der Waals surface area (Å²) in [5.74, 6) is 0.381. The van der Waals surface area contributed by atoms with E-state index in [-0.39, 0.29) is 0 Å². The molecule has 0 saturated carbocycles. The predicted octanol–water partition coefficient (Wildman–Crippen LogP) is 4.16. The lowest BCUT2D eigenvalue weighted by molar-refractivity contribution is 0.639. The van der Waals surface area contributed by atoms with Crippen LogP contribution >= 0.6 is 23.4 Å².